The van der Waals surface area contributed by atoms with Crippen LogP contribution in [0.2, 0.25) is 0 Å². The van der Waals surface area contributed by atoms with E-state index in [2.05, 4.69) is 27.2 Å². The van der Waals surface area contributed by atoms with E-state index in [4.69, 9.17) is 4.74 Å². The molecule has 4 heterocycles. The Morgan fingerprint density at radius 1 is 1.17 bits per heavy atom. The number of carbonyl (C=O) groups excluding carboxylic acids is 2. The Morgan fingerprint density at radius 3 is 2.64 bits per heavy atom. The maximum Gasteiger partial charge on any atom is 0.410 e. The van der Waals surface area contributed by atoms with Gasteiger partial charge in [-0.05, 0) is 40.3 Å². The highest BCUT2D eigenvalue weighted by Crippen LogP contribution is 2.38. The minimum absolute atomic E-state index is 0.0286. The van der Waals surface area contributed by atoms with E-state index < -0.39 is 0 Å². The first kappa shape index (κ1) is 26.1. The summed E-state index contributed by atoms with van der Waals surface area (Å²) in [4.78, 5) is 44.5. The predicted molar refractivity (Wildman–Crippen MR) is 140 cm³/mol. The lowest BCUT2D eigenvalue weighted by atomic mass is 10.0. The van der Waals surface area contributed by atoms with Crippen molar-refractivity contribution in [1.29, 1.82) is 0 Å². The molecule has 3 aliphatic rings. The molecule has 10 heteroatoms. The van der Waals surface area contributed by atoms with Crippen molar-refractivity contribution in [3.63, 3.8) is 0 Å². The number of aromatic nitrogens is 2. The third kappa shape index (κ3) is 6.40. The monoisotopic (exact) mass is 497 g/mol. The first-order valence-corrected chi connectivity index (χ1v) is 13.1. The zero-order valence-electron chi connectivity index (χ0n) is 21.9. The van der Waals surface area contributed by atoms with Crippen molar-refractivity contribution in [3.8, 4) is 0 Å². The van der Waals surface area contributed by atoms with Crippen molar-refractivity contribution in [1.82, 2.24) is 24.7 Å². The van der Waals surface area contributed by atoms with Crippen LogP contribution in [-0.2, 0) is 9.53 Å². The van der Waals surface area contributed by atoms with Crippen LogP contribution >= 0.6 is 0 Å². The summed E-state index contributed by atoms with van der Waals surface area (Å²) < 4.78 is 5.74. The molecule has 1 aromatic rings. The minimum Gasteiger partial charge on any atom is -0.444 e. The molecule has 0 aromatic carbocycles. The van der Waals surface area contributed by atoms with E-state index in [1.807, 2.05) is 38.2 Å². The Morgan fingerprint density at radius 2 is 1.92 bits per heavy atom. The Bertz CT molecular complexity index is 1000. The second-order valence-electron chi connectivity index (χ2n) is 10.2. The molecule has 0 aliphatic carbocycles. The molecule has 4 rings (SSSR count). The minimum atomic E-state index is -0.290. The van der Waals surface area contributed by atoms with Crippen LogP contribution in [0.15, 0.2) is 17.1 Å². The van der Waals surface area contributed by atoms with Crippen molar-refractivity contribution in [2.24, 2.45) is 4.99 Å². The molecule has 0 bridgehead atoms. The number of aliphatic imine (C=N–C) groups is 1. The second-order valence-corrected chi connectivity index (χ2v) is 10.2. The van der Waals surface area contributed by atoms with Gasteiger partial charge in [-0.25, -0.2) is 14.8 Å². The number of hydrogen-bond acceptors (Lipinski definition) is 8. The lowest BCUT2D eigenvalue weighted by Gasteiger charge is -2.32. The number of aryl methyl sites for hydroxylation is 1. The molecule has 1 N–H and O–H groups in total. The molecule has 196 valence electrons. The lowest BCUT2D eigenvalue weighted by molar-refractivity contribution is -0.125. The number of anilines is 1. The van der Waals surface area contributed by atoms with Gasteiger partial charge in [-0.15, -0.1) is 0 Å². The number of piperidine rings is 1. The number of carbonyl (C=O) groups is 2. The Kier molecular flexibility index (Phi) is 8.56. The maximum absolute atomic E-state index is 12.8. The van der Waals surface area contributed by atoms with Gasteiger partial charge >= 0.3 is 6.09 Å². The number of amides is 2. The summed E-state index contributed by atoms with van der Waals surface area (Å²) in [5.41, 5.74) is 1.88. The summed E-state index contributed by atoms with van der Waals surface area (Å²) in [5.74, 6) is 1.78. The summed E-state index contributed by atoms with van der Waals surface area (Å²) in [5, 5.41) is 3.56. The molecule has 2 saturated heterocycles. The first-order valence-electron chi connectivity index (χ1n) is 13.1. The van der Waals surface area contributed by atoms with Gasteiger partial charge < -0.3 is 24.8 Å². The fraction of sp³-hybridized carbons (Fsp3) is 0.654. The van der Waals surface area contributed by atoms with Crippen LogP contribution in [0.4, 0.5) is 16.3 Å². The summed E-state index contributed by atoms with van der Waals surface area (Å²) in [6, 6.07) is 0.210. The number of fused-ring (bicyclic) bond motifs is 1. The normalized spacial score (nSPS) is 22.0. The SMILES string of the molecule is CCCC1C=Nc2c(NC3CCN(C(=O)O[C@H]4CCN(C(=O)/C=C/CN(C)C)C4)CC3)nc(C)nc21. The first-order chi connectivity index (χ1) is 17.3. The van der Waals surface area contributed by atoms with Crippen LogP contribution in [-0.4, -0.2) is 102 Å². The van der Waals surface area contributed by atoms with E-state index in [0.29, 0.717) is 39.1 Å². The largest absolute Gasteiger partial charge is 0.444 e. The van der Waals surface area contributed by atoms with Gasteiger partial charge in [0.1, 0.15) is 17.6 Å². The Hall–Kier alpha value is -3.01. The van der Waals surface area contributed by atoms with Crippen LogP contribution in [0.25, 0.3) is 0 Å². The average Bonchev–Trinajstić information content (AvgIpc) is 3.47. The van der Waals surface area contributed by atoms with Crippen molar-refractivity contribution >= 4 is 29.7 Å². The topological polar surface area (TPSA) is 103 Å². The van der Waals surface area contributed by atoms with Gasteiger partial charge in [-0.2, -0.15) is 0 Å². The Balaban J connectivity index is 1.24. The van der Waals surface area contributed by atoms with Crippen molar-refractivity contribution in [2.45, 2.75) is 64.0 Å². The van der Waals surface area contributed by atoms with Crippen LogP contribution in [0, 0.1) is 6.92 Å². The number of likely N-dealkylation sites (tertiary alicyclic amines) is 2. The van der Waals surface area contributed by atoms with Crippen LogP contribution < -0.4 is 5.32 Å². The standard InChI is InChI=1S/C26H39N7O3/c1-5-7-19-16-27-24-23(19)28-18(2)29-25(24)30-20-9-13-32(14-10-20)26(35)36-21-11-15-33(17-21)22(34)8-6-12-31(3)4/h6,8,16,19-21H,5,7,9-15,17H2,1-4H3,(H,28,29,30)/b8-6+/t19?,21-/m0/s1. The quantitative estimate of drug-likeness (QED) is 0.551. The third-order valence-corrected chi connectivity index (χ3v) is 6.91. The highest BCUT2D eigenvalue weighted by Gasteiger charge is 2.32. The van der Waals surface area contributed by atoms with Crippen molar-refractivity contribution < 1.29 is 14.3 Å². The van der Waals surface area contributed by atoms with Gasteiger partial charge in [0.25, 0.3) is 0 Å². The van der Waals surface area contributed by atoms with Crippen molar-refractivity contribution in [2.75, 3.05) is 52.1 Å². The van der Waals surface area contributed by atoms with Gasteiger partial charge in [0.15, 0.2) is 5.82 Å². The molecular formula is C26H39N7O3. The summed E-state index contributed by atoms with van der Waals surface area (Å²) >= 11 is 0. The van der Waals surface area contributed by atoms with Crippen LogP contribution in [0.1, 0.15) is 56.5 Å². The number of rotatable bonds is 8. The molecule has 1 unspecified atom stereocenters. The van der Waals surface area contributed by atoms with E-state index >= 15 is 0 Å². The number of nitrogens with one attached hydrogen (secondary N) is 1. The van der Waals surface area contributed by atoms with E-state index in [1.54, 1.807) is 15.9 Å². The molecule has 2 atom stereocenters. The average molecular weight is 498 g/mol. The lowest BCUT2D eigenvalue weighted by Crippen LogP contribution is -2.44. The zero-order valence-corrected chi connectivity index (χ0v) is 21.9. The van der Waals surface area contributed by atoms with Gasteiger partial charge in [0, 0.05) is 56.9 Å². The molecule has 0 saturated carbocycles. The molecule has 0 radical (unpaired) electrons. The van der Waals surface area contributed by atoms with Gasteiger partial charge in [-0.3, -0.25) is 9.79 Å². The van der Waals surface area contributed by atoms with Gasteiger partial charge in [-0.1, -0.05) is 19.4 Å². The molecular weight excluding hydrogens is 458 g/mol. The van der Waals surface area contributed by atoms with E-state index in [1.165, 1.54) is 0 Å². The molecule has 0 spiro atoms. The number of hydrogen-bond donors (Lipinski definition) is 1. The van der Waals surface area contributed by atoms with E-state index in [0.717, 1.165) is 48.7 Å². The second kappa shape index (κ2) is 11.8. The van der Waals surface area contributed by atoms with Gasteiger partial charge in [0.05, 0.1) is 12.2 Å². The summed E-state index contributed by atoms with van der Waals surface area (Å²) in [6.45, 7) is 7.11. The smallest absolute Gasteiger partial charge is 0.410 e. The summed E-state index contributed by atoms with van der Waals surface area (Å²) in [6.07, 6.45) is 9.31. The van der Waals surface area contributed by atoms with Crippen LogP contribution in [0.5, 0.6) is 0 Å². The molecule has 2 fully saturated rings. The molecule has 2 amide bonds. The van der Waals surface area contributed by atoms with E-state index in [9.17, 15) is 9.59 Å². The number of likely N-dealkylation sites (N-methyl/N-ethyl adjacent to an activating group) is 1. The van der Waals surface area contributed by atoms with E-state index in [-0.39, 0.29) is 30.1 Å². The number of nitrogens with zero attached hydrogens (tertiary/aromatic N) is 6. The van der Waals surface area contributed by atoms with Crippen molar-refractivity contribution in [3.05, 3.63) is 23.7 Å². The van der Waals surface area contributed by atoms with Gasteiger partial charge in [0.2, 0.25) is 5.91 Å². The fourth-order valence-corrected chi connectivity index (χ4v) is 4.94. The molecule has 3 aliphatic heterocycles. The zero-order chi connectivity index (χ0) is 25.7. The predicted octanol–water partition coefficient (Wildman–Crippen LogP) is 3.12. The number of ether oxygens (including phenoxy) is 1. The van der Waals surface area contributed by atoms with Crippen LogP contribution in [0.3, 0.4) is 0 Å². The fourth-order valence-electron chi connectivity index (χ4n) is 4.94. The molecule has 1 aromatic heterocycles. The Labute approximate surface area is 213 Å². The highest BCUT2D eigenvalue weighted by atomic mass is 16.6. The molecule has 10 nitrogen and oxygen atoms in total. The highest BCUT2D eigenvalue weighted by molar-refractivity contribution is 5.88. The summed E-state index contributed by atoms with van der Waals surface area (Å²) in [7, 11) is 3.91. The maximum atomic E-state index is 12.8. The molecule has 36 heavy (non-hydrogen) atoms. The third-order valence-electron chi connectivity index (χ3n) is 6.91.